The maximum Gasteiger partial charge on any atom is 0.269 e. The molecule has 3 amide bonds. The van der Waals surface area contributed by atoms with Gasteiger partial charge in [0.2, 0.25) is 17.7 Å². The number of carbonyl (C=O) groups excluding carboxylic acids is 3. The van der Waals surface area contributed by atoms with E-state index in [-0.39, 0.29) is 18.5 Å². The average Bonchev–Trinajstić information content (AvgIpc) is 2.67. The van der Waals surface area contributed by atoms with Crippen LogP contribution in [0.5, 0.6) is 0 Å². The summed E-state index contributed by atoms with van der Waals surface area (Å²) in [5.74, 6) is -2.44. The van der Waals surface area contributed by atoms with Crippen molar-refractivity contribution >= 4 is 23.4 Å². The summed E-state index contributed by atoms with van der Waals surface area (Å²) in [4.78, 5) is 46.2. The molecule has 9 nitrogen and oxygen atoms in total. The van der Waals surface area contributed by atoms with Gasteiger partial charge in [0.25, 0.3) is 5.69 Å². The molecule has 0 aliphatic heterocycles. The summed E-state index contributed by atoms with van der Waals surface area (Å²) in [7, 11) is 0. The third-order valence-electron chi connectivity index (χ3n) is 4.27. The Labute approximate surface area is 171 Å². The van der Waals surface area contributed by atoms with Crippen molar-refractivity contribution in [3.8, 4) is 0 Å². The van der Waals surface area contributed by atoms with Gasteiger partial charge in [-0.1, -0.05) is 24.3 Å². The number of nitro benzene ring substituents is 1. The molecule has 0 unspecified atom stereocenters. The van der Waals surface area contributed by atoms with E-state index in [4.69, 9.17) is 5.73 Å². The van der Waals surface area contributed by atoms with Crippen LogP contribution in [0.1, 0.15) is 18.1 Å². The monoisotopic (exact) mass is 416 g/mol. The van der Waals surface area contributed by atoms with Crippen LogP contribution in [0.25, 0.3) is 0 Å². The fourth-order valence-electron chi connectivity index (χ4n) is 2.84. The Kier molecular flexibility index (Phi) is 7.56. The van der Waals surface area contributed by atoms with Crippen LogP contribution in [0, 0.1) is 15.9 Å². The van der Waals surface area contributed by atoms with Crippen LogP contribution in [0.3, 0.4) is 0 Å². The molecule has 0 aliphatic rings. The number of nitrogens with zero attached hydrogens (tertiary/aromatic N) is 1. The molecular weight excluding hydrogens is 395 g/mol. The number of nitrogens with two attached hydrogens (primary N) is 1. The van der Waals surface area contributed by atoms with Crippen molar-refractivity contribution in [2.45, 2.75) is 31.8 Å². The summed E-state index contributed by atoms with van der Waals surface area (Å²) in [6.45, 7) is 1.23. The topological polar surface area (TPSA) is 144 Å². The zero-order valence-corrected chi connectivity index (χ0v) is 16.1. The van der Waals surface area contributed by atoms with Gasteiger partial charge in [-0.15, -0.1) is 0 Å². The summed E-state index contributed by atoms with van der Waals surface area (Å²) >= 11 is 0. The molecule has 0 spiro atoms. The smallest absolute Gasteiger partial charge is 0.269 e. The number of primary amides is 1. The van der Waals surface area contributed by atoms with Crippen LogP contribution in [0.2, 0.25) is 0 Å². The molecule has 30 heavy (non-hydrogen) atoms. The molecule has 0 heterocycles. The van der Waals surface area contributed by atoms with E-state index in [2.05, 4.69) is 10.6 Å². The molecule has 0 bridgehead atoms. The highest BCUT2D eigenvalue weighted by Crippen LogP contribution is 2.13. The molecule has 10 heteroatoms. The quantitative estimate of drug-likeness (QED) is 0.412. The van der Waals surface area contributed by atoms with Crippen LogP contribution < -0.4 is 16.4 Å². The van der Waals surface area contributed by atoms with E-state index in [1.807, 2.05) is 0 Å². The normalized spacial score (nSPS) is 12.5. The first-order valence-corrected chi connectivity index (χ1v) is 9.00. The highest BCUT2D eigenvalue weighted by Gasteiger charge is 2.25. The first-order valence-electron chi connectivity index (χ1n) is 9.00. The molecule has 0 fully saturated rings. The van der Waals surface area contributed by atoms with Crippen LogP contribution in [-0.2, 0) is 27.2 Å². The molecule has 158 valence electrons. The SMILES string of the molecule is CC(=O)N[C@@H](Cc1cccc(F)c1)C(=O)N[C@H](Cc1ccc([N+](=O)[O-])cc1)C(N)=O. The molecular formula is C20H21FN4O5. The zero-order chi connectivity index (χ0) is 22.3. The van der Waals surface area contributed by atoms with Gasteiger partial charge in [0.1, 0.15) is 17.9 Å². The van der Waals surface area contributed by atoms with Gasteiger partial charge in [0, 0.05) is 31.9 Å². The van der Waals surface area contributed by atoms with Gasteiger partial charge in [-0.05, 0) is 23.3 Å². The lowest BCUT2D eigenvalue weighted by atomic mass is 10.0. The number of nitrogens with one attached hydrogen (secondary N) is 2. The summed E-state index contributed by atoms with van der Waals surface area (Å²) in [5.41, 5.74) is 6.30. The standard InChI is InChI=1S/C20H21FN4O5/c1-12(26)23-18(11-14-3-2-4-15(21)9-14)20(28)24-17(19(22)27)10-13-5-7-16(8-6-13)25(29)30/h2-9,17-18H,10-11H2,1H3,(H2,22,27)(H,23,26)(H,24,28)/t17-,18+/m1/s1. The number of amides is 3. The molecule has 2 aromatic rings. The lowest BCUT2D eigenvalue weighted by Gasteiger charge is -2.22. The molecule has 4 N–H and O–H groups in total. The van der Waals surface area contributed by atoms with Crippen LogP contribution in [0.4, 0.5) is 10.1 Å². The zero-order valence-electron chi connectivity index (χ0n) is 16.1. The number of hydrogen-bond acceptors (Lipinski definition) is 5. The van der Waals surface area contributed by atoms with E-state index in [1.54, 1.807) is 6.07 Å². The first kappa shape index (κ1) is 22.5. The molecule has 2 atom stereocenters. The maximum atomic E-state index is 13.4. The minimum atomic E-state index is -1.11. The summed E-state index contributed by atoms with van der Waals surface area (Å²) in [6, 6.07) is 8.89. The number of benzene rings is 2. The van der Waals surface area contributed by atoms with E-state index in [0.29, 0.717) is 11.1 Å². The van der Waals surface area contributed by atoms with Gasteiger partial charge in [-0.25, -0.2) is 4.39 Å². The molecule has 2 rings (SSSR count). The maximum absolute atomic E-state index is 13.4. The van der Waals surface area contributed by atoms with E-state index in [0.717, 1.165) is 0 Å². The Hall–Kier alpha value is -3.82. The second-order valence-corrected chi connectivity index (χ2v) is 6.68. The third kappa shape index (κ3) is 6.66. The lowest BCUT2D eigenvalue weighted by Crippen LogP contribution is -2.54. The Balaban J connectivity index is 2.13. The average molecular weight is 416 g/mol. The van der Waals surface area contributed by atoms with Crippen molar-refractivity contribution in [3.05, 3.63) is 75.6 Å². The minimum Gasteiger partial charge on any atom is -0.368 e. The lowest BCUT2D eigenvalue weighted by molar-refractivity contribution is -0.384. The van der Waals surface area contributed by atoms with Crippen molar-refractivity contribution in [1.29, 1.82) is 0 Å². The Morgan fingerprint density at radius 3 is 2.20 bits per heavy atom. The molecule has 0 saturated carbocycles. The van der Waals surface area contributed by atoms with E-state index in [1.165, 1.54) is 49.4 Å². The van der Waals surface area contributed by atoms with Gasteiger partial charge < -0.3 is 16.4 Å². The minimum absolute atomic E-state index is 0.00578. The van der Waals surface area contributed by atoms with Gasteiger partial charge in [0.15, 0.2) is 0 Å². The highest BCUT2D eigenvalue weighted by molar-refractivity contribution is 5.91. The van der Waals surface area contributed by atoms with Crippen molar-refractivity contribution in [3.63, 3.8) is 0 Å². The number of rotatable bonds is 9. The van der Waals surface area contributed by atoms with Crippen LogP contribution >= 0.6 is 0 Å². The predicted molar refractivity (Wildman–Crippen MR) is 106 cm³/mol. The van der Waals surface area contributed by atoms with E-state index >= 15 is 0 Å². The molecule has 0 radical (unpaired) electrons. The second-order valence-electron chi connectivity index (χ2n) is 6.68. The van der Waals surface area contributed by atoms with Crippen LogP contribution in [-0.4, -0.2) is 34.7 Å². The van der Waals surface area contributed by atoms with Gasteiger partial charge in [-0.3, -0.25) is 24.5 Å². The number of nitro groups is 1. The highest BCUT2D eigenvalue weighted by atomic mass is 19.1. The first-order chi connectivity index (χ1) is 14.2. The Morgan fingerprint density at radius 1 is 1.03 bits per heavy atom. The molecule has 0 saturated heterocycles. The van der Waals surface area contributed by atoms with Crippen molar-refractivity contribution in [2.24, 2.45) is 5.73 Å². The van der Waals surface area contributed by atoms with Crippen LogP contribution in [0.15, 0.2) is 48.5 Å². The molecule has 0 aliphatic carbocycles. The number of halogens is 1. The summed E-state index contributed by atoms with van der Waals surface area (Å²) < 4.78 is 13.4. The number of non-ortho nitro benzene ring substituents is 1. The fraction of sp³-hybridized carbons (Fsp3) is 0.250. The van der Waals surface area contributed by atoms with Gasteiger partial charge in [0.05, 0.1) is 4.92 Å². The van der Waals surface area contributed by atoms with E-state index in [9.17, 15) is 28.9 Å². The molecule has 0 aromatic heterocycles. The van der Waals surface area contributed by atoms with Crippen molar-refractivity contribution < 1.29 is 23.7 Å². The van der Waals surface area contributed by atoms with Crippen molar-refractivity contribution in [2.75, 3.05) is 0 Å². The fourth-order valence-corrected chi connectivity index (χ4v) is 2.84. The Morgan fingerprint density at radius 2 is 1.67 bits per heavy atom. The van der Waals surface area contributed by atoms with Gasteiger partial charge >= 0.3 is 0 Å². The largest absolute Gasteiger partial charge is 0.368 e. The summed E-state index contributed by atoms with van der Waals surface area (Å²) in [6.07, 6.45) is 0.0119. The second kappa shape index (κ2) is 10.1. The number of carbonyl (C=O) groups is 3. The predicted octanol–water partition coefficient (Wildman–Crippen LogP) is 0.994. The van der Waals surface area contributed by atoms with E-state index < -0.39 is 40.5 Å². The molecule has 2 aromatic carbocycles. The third-order valence-corrected chi connectivity index (χ3v) is 4.27. The van der Waals surface area contributed by atoms with Gasteiger partial charge in [-0.2, -0.15) is 0 Å². The number of hydrogen-bond donors (Lipinski definition) is 3. The summed E-state index contributed by atoms with van der Waals surface area (Å²) in [5, 5.41) is 15.7. The van der Waals surface area contributed by atoms with Crippen molar-refractivity contribution in [1.82, 2.24) is 10.6 Å². The Bertz CT molecular complexity index is 948.